The lowest BCUT2D eigenvalue weighted by Gasteiger charge is -2.19. The molecule has 3 aromatic rings. The largest absolute Gasteiger partial charge is 0.368 e. The third-order valence-corrected chi connectivity index (χ3v) is 3.39. The summed E-state index contributed by atoms with van der Waals surface area (Å²) >= 11 is 0. The standard InChI is InChI=1S/C16H17N5/c1-21(11-9-12-6-4-5-10-18-12)15-13-7-2-3-8-14(13)19-16(17)20-15/h2-8,10H,9,11H2,1H3,(H2,17,19,20). The van der Waals surface area contributed by atoms with Gasteiger partial charge in [-0.2, -0.15) is 4.98 Å². The number of para-hydroxylation sites is 1. The summed E-state index contributed by atoms with van der Waals surface area (Å²) in [6.07, 6.45) is 2.67. The zero-order chi connectivity index (χ0) is 14.7. The van der Waals surface area contributed by atoms with Crippen molar-refractivity contribution in [1.29, 1.82) is 0 Å². The summed E-state index contributed by atoms with van der Waals surface area (Å²) in [5, 5.41) is 1.01. The van der Waals surface area contributed by atoms with Gasteiger partial charge in [0.1, 0.15) is 5.82 Å². The molecule has 0 amide bonds. The molecule has 5 heteroatoms. The van der Waals surface area contributed by atoms with E-state index in [0.717, 1.165) is 35.4 Å². The molecular weight excluding hydrogens is 262 g/mol. The normalized spacial score (nSPS) is 10.7. The van der Waals surface area contributed by atoms with E-state index in [4.69, 9.17) is 5.73 Å². The molecule has 0 aliphatic rings. The molecule has 5 nitrogen and oxygen atoms in total. The van der Waals surface area contributed by atoms with Gasteiger partial charge in [0, 0.05) is 37.3 Å². The molecule has 106 valence electrons. The Kier molecular flexibility index (Phi) is 3.64. The zero-order valence-electron chi connectivity index (χ0n) is 11.9. The van der Waals surface area contributed by atoms with Crippen LogP contribution in [0.3, 0.4) is 0 Å². The molecule has 2 heterocycles. The van der Waals surface area contributed by atoms with E-state index < -0.39 is 0 Å². The quantitative estimate of drug-likeness (QED) is 0.793. The number of nitrogens with zero attached hydrogens (tertiary/aromatic N) is 4. The molecule has 2 N–H and O–H groups in total. The molecule has 0 atom stereocenters. The van der Waals surface area contributed by atoms with Gasteiger partial charge in [-0.25, -0.2) is 4.98 Å². The number of rotatable bonds is 4. The molecule has 1 aromatic carbocycles. The molecule has 0 radical (unpaired) electrons. The third-order valence-electron chi connectivity index (χ3n) is 3.39. The molecule has 0 saturated heterocycles. The van der Waals surface area contributed by atoms with Crippen molar-refractivity contribution in [3.05, 3.63) is 54.4 Å². The summed E-state index contributed by atoms with van der Waals surface area (Å²) in [5.74, 6) is 1.16. The Hall–Kier alpha value is -2.69. The van der Waals surface area contributed by atoms with Crippen LogP contribution in [0.5, 0.6) is 0 Å². The van der Waals surface area contributed by atoms with Gasteiger partial charge in [-0.3, -0.25) is 4.98 Å². The first-order chi connectivity index (χ1) is 10.2. The van der Waals surface area contributed by atoms with Crippen molar-refractivity contribution >= 4 is 22.7 Å². The summed E-state index contributed by atoms with van der Waals surface area (Å²) in [6.45, 7) is 0.817. The van der Waals surface area contributed by atoms with Crippen LogP contribution in [0.4, 0.5) is 11.8 Å². The van der Waals surface area contributed by atoms with Gasteiger partial charge in [-0.05, 0) is 24.3 Å². The minimum atomic E-state index is 0.299. The highest BCUT2D eigenvalue weighted by Crippen LogP contribution is 2.23. The first-order valence-electron chi connectivity index (χ1n) is 6.87. The van der Waals surface area contributed by atoms with Crippen LogP contribution in [0.2, 0.25) is 0 Å². The Bertz CT molecular complexity index is 742. The van der Waals surface area contributed by atoms with Crippen LogP contribution in [-0.4, -0.2) is 28.5 Å². The second-order valence-corrected chi connectivity index (χ2v) is 4.92. The lowest BCUT2D eigenvalue weighted by molar-refractivity contribution is 0.842. The number of benzene rings is 1. The molecule has 0 unspecified atom stereocenters. The van der Waals surface area contributed by atoms with E-state index in [1.807, 2.05) is 55.7 Å². The average molecular weight is 279 g/mol. The van der Waals surface area contributed by atoms with Crippen molar-refractivity contribution in [3.63, 3.8) is 0 Å². The number of nitrogen functional groups attached to an aromatic ring is 1. The number of aromatic nitrogens is 3. The fourth-order valence-corrected chi connectivity index (χ4v) is 2.30. The topological polar surface area (TPSA) is 67.9 Å². The fraction of sp³-hybridized carbons (Fsp3) is 0.188. The van der Waals surface area contributed by atoms with Crippen LogP contribution in [0.25, 0.3) is 10.9 Å². The smallest absolute Gasteiger partial charge is 0.222 e. The van der Waals surface area contributed by atoms with Crippen molar-refractivity contribution in [2.45, 2.75) is 6.42 Å². The van der Waals surface area contributed by atoms with E-state index in [0.29, 0.717) is 5.95 Å². The monoisotopic (exact) mass is 279 g/mol. The minimum absolute atomic E-state index is 0.299. The number of hydrogen-bond donors (Lipinski definition) is 1. The Balaban J connectivity index is 1.86. The zero-order valence-corrected chi connectivity index (χ0v) is 11.9. The molecule has 0 fully saturated rings. The number of hydrogen-bond acceptors (Lipinski definition) is 5. The van der Waals surface area contributed by atoms with Gasteiger partial charge in [-0.15, -0.1) is 0 Å². The van der Waals surface area contributed by atoms with Gasteiger partial charge < -0.3 is 10.6 Å². The van der Waals surface area contributed by atoms with Crippen molar-refractivity contribution < 1.29 is 0 Å². The maximum atomic E-state index is 5.81. The highest BCUT2D eigenvalue weighted by atomic mass is 15.2. The van der Waals surface area contributed by atoms with Gasteiger partial charge in [0.15, 0.2) is 0 Å². The lowest BCUT2D eigenvalue weighted by Crippen LogP contribution is -2.22. The van der Waals surface area contributed by atoms with Crippen LogP contribution in [-0.2, 0) is 6.42 Å². The molecule has 0 aliphatic carbocycles. The Morgan fingerprint density at radius 2 is 1.86 bits per heavy atom. The number of fused-ring (bicyclic) bond motifs is 1. The highest BCUT2D eigenvalue weighted by molar-refractivity contribution is 5.90. The maximum absolute atomic E-state index is 5.81. The van der Waals surface area contributed by atoms with Gasteiger partial charge in [0.2, 0.25) is 5.95 Å². The van der Waals surface area contributed by atoms with E-state index in [1.54, 1.807) is 0 Å². The van der Waals surface area contributed by atoms with Crippen molar-refractivity contribution in [2.75, 3.05) is 24.2 Å². The predicted octanol–water partition coefficient (Wildman–Crippen LogP) is 2.29. The van der Waals surface area contributed by atoms with E-state index in [-0.39, 0.29) is 0 Å². The maximum Gasteiger partial charge on any atom is 0.222 e. The minimum Gasteiger partial charge on any atom is -0.368 e. The van der Waals surface area contributed by atoms with Crippen LogP contribution in [0, 0.1) is 0 Å². The number of anilines is 2. The summed E-state index contributed by atoms with van der Waals surface area (Å²) in [6, 6.07) is 13.8. The summed E-state index contributed by atoms with van der Waals surface area (Å²) < 4.78 is 0. The van der Waals surface area contributed by atoms with Crippen LogP contribution < -0.4 is 10.6 Å². The van der Waals surface area contributed by atoms with Gasteiger partial charge in [-0.1, -0.05) is 18.2 Å². The van der Waals surface area contributed by atoms with Crippen molar-refractivity contribution in [2.24, 2.45) is 0 Å². The molecule has 0 bridgehead atoms. The van der Waals surface area contributed by atoms with Gasteiger partial charge >= 0.3 is 0 Å². The Morgan fingerprint density at radius 1 is 1.05 bits per heavy atom. The number of nitrogens with two attached hydrogens (primary N) is 1. The Labute approximate surface area is 123 Å². The Morgan fingerprint density at radius 3 is 2.67 bits per heavy atom. The number of likely N-dealkylation sites (N-methyl/N-ethyl adjacent to an activating group) is 1. The summed E-state index contributed by atoms with van der Waals surface area (Å²) in [7, 11) is 2.01. The summed E-state index contributed by atoms with van der Waals surface area (Å²) in [5.41, 5.74) is 7.74. The molecule has 0 aliphatic heterocycles. The average Bonchev–Trinajstić information content (AvgIpc) is 2.52. The molecule has 2 aromatic heterocycles. The first kappa shape index (κ1) is 13.3. The molecular formula is C16H17N5. The van der Waals surface area contributed by atoms with Crippen LogP contribution in [0.15, 0.2) is 48.7 Å². The molecule has 3 rings (SSSR count). The molecule has 21 heavy (non-hydrogen) atoms. The van der Waals surface area contributed by atoms with Gasteiger partial charge in [0.25, 0.3) is 0 Å². The third kappa shape index (κ3) is 2.91. The molecule has 0 saturated carbocycles. The summed E-state index contributed by atoms with van der Waals surface area (Å²) in [4.78, 5) is 15.1. The van der Waals surface area contributed by atoms with Gasteiger partial charge in [0.05, 0.1) is 5.52 Å². The lowest BCUT2D eigenvalue weighted by atomic mass is 10.2. The fourth-order valence-electron chi connectivity index (χ4n) is 2.30. The number of pyridine rings is 1. The highest BCUT2D eigenvalue weighted by Gasteiger charge is 2.10. The van der Waals surface area contributed by atoms with Crippen LogP contribution in [0.1, 0.15) is 5.69 Å². The predicted molar refractivity (Wildman–Crippen MR) is 85.2 cm³/mol. The van der Waals surface area contributed by atoms with E-state index in [9.17, 15) is 0 Å². The van der Waals surface area contributed by atoms with Crippen LogP contribution >= 0.6 is 0 Å². The van der Waals surface area contributed by atoms with E-state index >= 15 is 0 Å². The second-order valence-electron chi connectivity index (χ2n) is 4.92. The van der Waals surface area contributed by atoms with E-state index in [2.05, 4.69) is 19.9 Å². The SMILES string of the molecule is CN(CCc1ccccn1)c1nc(N)nc2ccccc12. The van der Waals surface area contributed by atoms with E-state index in [1.165, 1.54) is 0 Å². The first-order valence-corrected chi connectivity index (χ1v) is 6.87. The van der Waals surface area contributed by atoms with Crippen molar-refractivity contribution in [1.82, 2.24) is 15.0 Å². The second kappa shape index (κ2) is 5.75. The van der Waals surface area contributed by atoms with Crippen molar-refractivity contribution in [3.8, 4) is 0 Å². The molecule has 0 spiro atoms.